The summed E-state index contributed by atoms with van der Waals surface area (Å²) in [5, 5.41) is 5.73. The highest BCUT2D eigenvalue weighted by Gasteiger charge is 2.21. The molecular formula is C22H25N3O3. The maximum atomic E-state index is 12.4. The zero-order valence-corrected chi connectivity index (χ0v) is 16.0. The molecule has 2 aromatic carbocycles. The Labute approximate surface area is 164 Å². The van der Waals surface area contributed by atoms with Crippen molar-refractivity contribution in [3.8, 4) is 0 Å². The fourth-order valence-corrected chi connectivity index (χ4v) is 3.36. The number of hydrogen-bond acceptors (Lipinski definition) is 3. The molecule has 0 unspecified atom stereocenters. The number of nitrogens with zero attached hydrogens (tertiary/aromatic N) is 1. The van der Waals surface area contributed by atoms with Crippen LogP contribution in [0.15, 0.2) is 54.6 Å². The molecule has 1 aliphatic rings. The summed E-state index contributed by atoms with van der Waals surface area (Å²) in [5.74, 6) is -0.152. The Balaban J connectivity index is 1.55. The Morgan fingerprint density at radius 3 is 2.39 bits per heavy atom. The molecular weight excluding hydrogens is 354 g/mol. The summed E-state index contributed by atoms with van der Waals surface area (Å²) in [6, 6.07) is 16.8. The van der Waals surface area contributed by atoms with E-state index in [1.165, 1.54) is 6.92 Å². The summed E-state index contributed by atoms with van der Waals surface area (Å²) in [5.41, 5.74) is 2.75. The molecule has 0 aliphatic carbocycles. The van der Waals surface area contributed by atoms with Crippen LogP contribution in [-0.2, 0) is 20.9 Å². The Morgan fingerprint density at radius 1 is 1.07 bits per heavy atom. The van der Waals surface area contributed by atoms with Gasteiger partial charge in [-0.05, 0) is 29.7 Å². The van der Waals surface area contributed by atoms with Crippen LogP contribution in [0, 0.1) is 0 Å². The molecule has 1 aliphatic heterocycles. The van der Waals surface area contributed by atoms with E-state index in [4.69, 9.17) is 0 Å². The Hall–Kier alpha value is -3.15. The van der Waals surface area contributed by atoms with Crippen LogP contribution < -0.4 is 15.5 Å². The number of nitrogens with one attached hydrogen (secondary N) is 2. The highest BCUT2D eigenvalue weighted by atomic mass is 16.2. The van der Waals surface area contributed by atoms with Crippen molar-refractivity contribution in [2.45, 2.75) is 38.8 Å². The van der Waals surface area contributed by atoms with Crippen LogP contribution in [0.2, 0.25) is 0 Å². The molecule has 2 N–H and O–H groups in total. The molecule has 3 amide bonds. The molecule has 6 nitrogen and oxygen atoms in total. The SMILES string of the molecule is CC(=O)N[C@H](CC(=O)NCc1ccc(N2CCCC2=O)cc1)c1ccccc1. The van der Waals surface area contributed by atoms with E-state index in [2.05, 4.69) is 10.6 Å². The number of rotatable bonds is 7. The minimum absolute atomic E-state index is 0.138. The van der Waals surface area contributed by atoms with Crippen LogP contribution in [0.25, 0.3) is 0 Å². The van der Waals surface area contributed by atoms with Crippen molar-refractivity contribution in [1.82, 2.24) is 10.6 Å². The first-order valence-corrected chi connectivity index (χ1v) is 9.51. The van der Waals surface area contributed by atoms with Crippen molar-refractivity contribution >= 4 is 23.4 Å². The standard InChI is InChI=1S/C22H25N3O3/c1-16(26)24-20(18-6-3-2-4-7-18)14-21(27)23-15-17-9-11-19(12-10-17)25-13-5-8-22(25)28/h2-4,6-7,9-12,20H,5,8,13-15H2,1H3,(H,23,27)(H,24,26)/t20-/m1/s1. The minimum Gasteiger partial charge on any atom is -0.352 e. The molecule has 28 heavy (non-hydrogen) atoms. The smallest absolute Gasteiger partial charge is 0.227 e. The van der Waals surface area contributed by atoms with Crippen molar-refractivity contribution in [2.24, 2.45) is 0 Å². The zero-order chi connectivity index (χ0) is 19.9. The van der Waals surface area contributed by atoms with E-state index in [-0.39, 0.29) is 30.2 Å². The topological polar surface area (TPSA) is 78.5 Å². The van der Waals surface area contributed by atoms with Gasteiger partial charge in [-0.1, -0.05) is 42.5 Å². The summed E-state index contributed by atoms with van der Waals surface area (Å²) in [6.45, 7) is 2.61. The third-order valence-corrected chi connectivity index (χ3v) is 4.78. The van der Waals surface area contributed by atoms with Crippen LogP contribution in [0.1, 0.15) is 43.4 Å². The Bertz CT molecular complexity index is 834. The molecule has 0 spiro atoms. The molecule has 0 saturated carbocycles. The molecule has 0 aromatic heterocycles. The molecule has 0 bridgehead atoms. The highest BCUT2D eigenvalue weighted by Crippen LogP contribution is 2.21. The van der Waals surface area contributed by atoms with Gasteiger partial charge < -0.3 is 15.5 Å². The van der Waals surface area contributed by atoms with E-state index in [0.29, 0.717) is 13.0 Å². The summed E-state index contributed by atoms with van der Waals surface area (Å²) in [6.07, 6.45) is 1.67. The predicted octanol–water partition coefficient (Wildman–Crippen LogP) is 2.70. The minimum atomic E-state index is -0.359. The fraction of sp³-hybridized carbons (Fsp3) is 0.318. The molecule has 1 saturated heterocycles. The van der Waals surface area contributed by atoms with Gasteiger partial charge in [0.1, 0.15) is 0 Å². The van der Waals surface area contributed by atoms with E-state index < -0.39 is 0 Å². The van der Waals surface area contributed by atoms with Gasteiger partial charge in [0.2, 0.25) is 17.7 Å². The number of benzene rings is 2. The van der Waals surface area contributed by atoms with E-state index in [1.54, 1.807) is 4.90 Å². The van der Waals surface area contributed by atoms with Gasteiger partial charge in [0.25, 0.3) is 0 Å². The van der Waals surface area contributed by atoms with Gasteiger partial charge in [-0.2, -0.15) is 0 Å². The summed E-state index contributed by atoms with van der Waals surface area (Å²) >= 11 is 0. The molecule has 1 heterocycles. The van der Waals surface area contributed by atoms with Gasteiger partial charge in [-0.15, -0.1) is 0 Å². The number of anilines is 1. The molecule has 146 valence electrons. The second-order valence-electron chi connectivity index (χ2n) is 6.96. The van der Waals surface area contributed by atoms with Crippen LogP contribution in [0.3, 0.4) is 0 Å². The largest absolute Gasteiger partial charge is 0.352 e. The van der Waals surface area contributed by atoms with Crippen molar-refractivity contribution in [1.29, 1.82) is 0 Å². The lowest BCUT2D eigenvalue weighted by atomic mass is 10.0. The second-order valence-corrected chi connectivity index (χ2v) is 6.96. The van der Waals surface area contributed by atoms with Gasteiger partial charge in [-0.25, -0.2) is 0 Å². The highest BCUT2D eigenvalue weighted by molar-refractivity contribution is 5.95. The van der Waals surface area contributed by atoms with E-state index >= 15 is 0 Å². The first-order valence-electron chi connectivity index (χ1n) is 9.51. The maximum absolute atomic E-state index is 12.4. The zero-order valence-electron chi connectivity index (χ0n) is 16.0. The van der Waals surface area contributed by atoms with Crippen LogP contribution in [0.4, 0.5) is 5.69 Å². The normalized spacial score (nSPS) is 14.6. The van der Waals surface area contributed by atoms with Gasteiger partial charge in [-0.3, -0.25) is 14.4 Å². The van der Waals surface area contributed by atoms with Crippen molar-refractivity contribution in [2.75, 3.05) is 11.4 Å². The van der Waals surface area contributed by atoms with Crippen LogP contribution in [0.5, 0.6) is 0 Å². The lowest BCUT2D eigenvalue weighted by Crippen LogP contribution is -2.32. The predicted molar refractivity (Wildman–Crippen MR) is 107 cm³/mol. The number of carbonyl (C=O) groups is 3. The number of hydrogen-bond donors (Lipinski definition) is 2. The number of amides is 3. The molecule has 1 fully saturated rings. The van der Waals surface area contributed by atoms with Crippen LogP contribution in [-0.4, -0.2) is 24.3 Å². The Morgan fingerprint density at radius 2 is 1.79 bits per heavy atom. The van der Waals surface area contributed by atoms with Crippen LogP contribution >= 0.6 is 0 Å². The average molecular weight is 379 g/mol. The second kappa shape index (κ2) is 9.17. The van der Waals surface area contributed by atoms with E-state index in [1.807, 2.05) is 54.6 Å². The van der Waals surface area contributed by atoms with Gasteiger partial charge in [0.05, 0.1) is 12.5 Å². The molecule has 0 radical (unpaired) electrons. The molecule has 2 aromatic rings. The maximum Gasteiger partial charge on any atom is 0.227 e. The third-order valence-electron chi connectivity index (χ3n) is 4.78. The Kier molecular flexibility index (Phi) is 6.42. The number of carbonyl (C=O) groups excluding carboxylic acids is 3. The summed E-state index contributed by atoms with van der Waals surface area (Å²) in [4.78, 5) is 37.5. The fourth-order valence-electron chi connectivity index (χ4n) is 3.36. The van der Waals surface area contributed by atoms with Gasteiger partial charge >= 0.3 is 0 Å². The van der Waals surface area contributed by atoms with Crippen molar-refractivity contribution in [3.05, 3.63) is 65.7 Å². The summed E-state index contributed by atoms with van der Waals surface area (Å²) < 4.78 is 0. The third kappa shape index (κ3) is 5.19. The molecule has 3 rings (SSSR count). The quantitative estimate of drug-likeness (QED) is 0.776. The van der Waals surface area contributed by atoms with Gasteiger partial charge in [0.15, 0.2) is 0 Å². The average Bonchev–Trinajstić information content (AvgIpc) is 3.12. The van der Waals surface area contributed by atoms with E-state index in [0.717, 1.165) is 29.8 Å². The van der Waals surface area contributed by atoms with Gasteiger partial charge in [0, 0.05) is 32.1 Å². The summed E-state index contributed by atoms with van der Waals surface area (Å²) in [7, 11) is 0. The first kappa shape index (κ1) is 19.6. The van der Waals surface area contributed by atoms with Crippen molar-refractivity contribution in [3.63, 3.8) is 0 Å². The molecule has 1 atom stereocenters. The first-order chi connectivity index (χ1) is 13.5. The lowest BCUT2D eigenvalue weighted by Gasteiger charge is -2.18. The monoisotopic (exact) mass is 379 g/mol. The van der Waals surface area contributed by atoms with Crippen molar-refractivity contribution < 1.29 is 14.4 Å². The lowest BCUT2D eigenvalue weighted by molar-refractivity contribution is -0.123. The van der Waals surface area contributed by atoms with E-state index in [9.17, 15) is 14.4 Å². The molecule has 6 heteroatoms.